The van der Waals surface area contributed by atoms with Crippen LogP contribution in [-0.4, -0.2) is 6.61 Å². The molecule has 0 aromatic heterocycles. The van der Waals surface area contributed by atoms with Gasteiger partial charge in [-0.05, 0) is 18.2 Å². The molecule has 0 fully saturated rings. The zero-order valence-corrected chi connectivity index (χ0v) is 7.44. The molecule has 0 radical (unpaired) electrons. The summed E-state index contributed by atoms with van der Waals surface area (Å²) < 4.78 is 31.6. The summed E-state index contributed by atoms with van der Waals surface area (Å²) in [4.78, 5) is 0. The molecule has 1 aliphatic heterocycles. The van der Waals surface area contributed by atoms with Crippen molar-refractivity contribution in [2.24, 2.45) is 0 Å². The molecule has 1 aromatic carbocycles. The van der Waals surface area contributed by atoms with Gasteiger partial charge in [-0.3, -0.25) is 0 Å². The summed E-state index contributed by atoms with van der Waals surface area (Å²) in [5.41, 5.74) is -0.105. The number of alkyl halides is 2. The van der Waals surface area contributed by atoms with Crippen LogP contribution < -0.4 is 4.74 Å². The van der Waals surface area contributed by atoms with Crippen molar-refractivity contribution in [3.8, 4) is 5.75 Å². The van der Waals surface area contributed by atoms with Crippen LogP contribution in [0.3, 0.4) is 0 Å². The standard InChI is InChI=1S/C9H7ClF2O/c10-6-1-2-8-7(5-6)9(11,12)3-4-13-8/h1-2,5H,3-4H2. The highest BCUT2D eigenvalue weighted by Crippen LogP contribution is 2.42. The van der Waals surface area contributed by atoms with E-state index in [1.807, 2.05) is 0 Å². The van der Waals surface area contributed by atoms with E-state index in [4.69, 9.17) is 16.3 Å². The van der Waals surface area contributed by atoms with Crippen molar-refractivity contribution < 1.29 is 13.5 Å². The summed E-state index contributed by atoms with van der Waals surface area (Å²) in [5.74, 6) is -2.57. The van der Waals surface area contributed by atoms with Gasteiger partial charge in [-0.1, -0.05) is 11.6 Å². The molecule has 0 bridgehead atoms. The third-order valence-electron chi connectivity index (χ3n) is 2.01. The minimum atomic E-state index is -2.81. The number of halogens is 3. The molecule has 0 amide bonds. The maximum absolute atomic E-state index is 13.2. The number of rotatable bonds is 0. The first-order chi connectivity index (χ1) is 6.09. The van der Waals surface area contributed by atoms with Gasteiger partial charge in [0.05, 0.1) is 18.6 Å². The molecule has 0 spiro atoms. The fourth-order valence-electron chi connectivity index (χ4n) is 1.34. The van der Waals surface area contributed by atoms with E-state index < -0.39 is 5.92 Å². The van der Waals surface area contributed by atoms with Crippen molar-refractivity contribution in [2.75, 3.05) is 6.61 Å². The molecule has 0 aliphatic carbocycles. The van der Waals surface area contributed by atoms with Gasteiger partial charge in [0.1, 0.15) is 5.75 Å². The number of benzene rings is 1. The summed E-state index contributed by atoms with van der Waals surface area (Å²) >= 11 is 5.62. The third kappa shape index (κ3) is 1.48. The van der Waals surface area contributed by atoms with Crippen LogP contribution in [0.2, 0.25) is 5.02 Å². The Balaban J connectivity index is 2.55. The van der Waals surface area contributed by atoms with Crippen molar-refractivity contribution in [1.82, 2.24) is 0 Å². The minimum absolute atomic E-state index is 0.0572. The van der Waals surface area contributed by atoms with E-state index in [2.05, 4.69) is 0 Å². The third-order valence-corrected chi connectivity index (χ3v) is 2.24. The minimum Gasteiger partial charge on any atom is -0.493 e. The van der Waals surface area contributed by atoms with E-state index >= 15 is 0 Å². The first-order valence-corrected chi connectivity index (χ1v) is 4.28. The number of ether oxygens (including phenoxy) is 1. The van der Waals surface area contributed by atoms with Gasteiger partial charge >= 0.3 is 0 Å². The van der Waals surface area contributed by atoms with Gasteiger partial charge < -0.3 is 4.74 Å². The van der Waals surface area contributed by atoms with Gasteiger partial charge in [-0.15, -0.1) is 0 Å². The molecule has 0 saturated carbocycles. The summed E-state index contributed by atoms with van der Waals surface area (Å²) in [6.45, 7) is 0.0572. The Labute approximate surface area is 79.3 Å². The van der Waals surface area contributed by atoms with Gasteiger partial charge in [0.2, 0.25) is 0 Å². The lowest BCUT2D eigenvalue weighted by Gasteiger charge is -2.25. The lowest BCUT2D eigenvalue weighted by Crippen LogP contribution is -2.23. The predicted octanol–water partition coefficient (Wildman–Crippen LogP) is 3.21. The van der Waals surface area contributed by atoms with E-state index in [0.29, 0.717) is 5.02 Å². The van der Waals surface area contributed by atoms with Crippen LogP contribution in [0.25, 0.3) is 0 Å². The zero-order chi connectivity index (χ0) is 9.47. The van der Waals surface area contributed by atoms with Crippen molar-refractivity contribution in [2.45, 2.75) is 12.3 Å². The first-order valence-electron chi connectivity index (χ1n) is 3.90. The molecule has 4 heteroatoms. The Morgan fingerprint density at radius 3 is 2.92 bits per heavy atom. The van der Waals surface area contributed by atoms with Crippen molar-refractivity contribution in [3.05, 3.63) is 28.8 Å². The molecular weight excluding hydrogens is 198 g/mol. The van der Waals surface area contributed by atoms with Crippen LogP contribution in [0.4, 0.5) is 8.78 Å². The Morgan fingerprint density at radius 2 is 2.15 bits per heavy atom. The molecule has 0 atom stereocenters. The monoisotopic (exact) mass is 204 g/mol. The van der Waals surface area contributed by atoms with E-state index in [1.54, 1.807) is 6.07 Å². The Bertz CT molecular complexity index is 338. The molecule has 13 heavy (non-hydrogen) atoms. The predicted molar refractivity (Wildman–Crippen MR) is 45.5 cm³/mol. The number of hydrogen-bond donors (Lipinski definition) is 0. The molecule has 0 saturated heterocycles. The lowest BCUT2D eigenvalue weighted by molar-refractivity contribution is -0.0404. The summed E-state index contributed by atoms with van der Waals surface area (Å²) in [5, 5.41) is 0.309. The van der Waals surface area contributed by atoms with Crippen LogP contribution in [0.1, 0.15) is 12.0 Å². The second kappa shape index (κ2) is 2.84. The van der Waals surface area contributed by atoms with Crippen LogP contribution >= 0.6 is 11.6 Å². The number of fused-ring (bicyclic) bond motifs is 1. The second-order valence-corrected chi connectivity index (χ2v) is 3.38. The van der Waals surface area contributed by atoms with E-state index in [1.165, 1.54) is 12.1 Å². The quantitative estimate of drug-likeness (QED) is 0.631. The Hall–Kier alpha value is -0.830. The SMILES string of the molecule is FC1(F)CCOc2ccc(Cl)cc21. The summed E-state index contributed by atoms with van der Waals surface area (Å²) in [6, 6.07) is 4.28. The highest BCUT2D eigenvalue weighted by atomic mass is 35.5. The average Bonchev–Trinajstić information content (AvgIpc) is 2.06. The van der Waals surface area contributed by atoms with Gasteiger partial charge in [0.15, 0.2) is 0 Å². The van der Waals surface area contributed by atoms with Crippen molar-refractivity contribution in [3.63, 3.8) is 0 Å². The van der Waals surface area contributed by atoms with Gasteiger partial charge in [-0.25, -0.2) is 8.78 Å². The Kier molecular flexibility index (Phi) is 1.91. The maximum atomic E-state index is 13.2. The van der Waals surface area contributed by atoms with Gasteiger partial charge in [0.25, 0.3) is 5.92 Å². The van der Waals surface area contributed by atoms with E-state index in [9.17, 15) is 8.78 Å². The highest BCUT2D eigenvalue weighted by Gasteiger charge is 2.37. The molecular formula is C9H7ClF2O. The fourth-order valence-corrected chi connectivity index (χ4v) is 1.51. The first kappa shape index (κ1) is 8.75. The summed E-state index contributed by atoms with van der Waals surface area (Å²) in [6.07, 6.45) is -0.277. The van der Waals surface area contributed by atoms with E-state index in [-0.39, 0.29) is 24.3 Å². The summed E-state index contributed by atoms with van der Waals surface area (Å²) in [7, 11) is 0. The molecule has 1 nitrogen and oxygen atoms in total. The fraction of sp³-hybridized carbons (Fsp3) is 0.333. The normalized spacial score (nSPS) is 19.0. The molecule has 1 heterocycles. The average molecular weight is 205 g/mol. The highest BCUT2D eigenvalue weighted by molar-refractivity contribution is 6.30. The van der Waals surface area contributed by atoms with Gasteiger partial charge in [-0.2, -0.15) is 0 Å². The van der Waals surface area contributed by atoms with Crippen LogP contribution in [0.15, 0.2) is 18.2 Å². The molecule has 70 valence electrons. The molecule has 2 rings (SSSR count). The smallest absolute Gasteiger partial charge is 0.280 e. The lowest BCUT2D eigenvalue weighted by atomic mass is 10.0. The molecule has 0 unspecified atom stereocenters. The molecule has 0 N–H and O–H groups in total. The van der Waals surface area contributed by atoms with Gasteiger partial charge in [0, 0.05) is 5.02 Å². The Morgan fingerprint density at radius 1 is 1.38 bits per heavy atom. The number of hydrogen-bond acceptors (Lipinski definition) is 1. The van der Waals surface area contributed by atoms with Crippen LogP contribution in [-0.2, 0) is 5.92 Å². The van der Waals surface area contributed by atoms with Crippen molar-refractivity contribution >= 4 is 11.6 Å². The molecule has 1 aliphatic rings. The van der Waals surface area contributed by atoms with E-state index in [0.717, 1.165) is 0 Å². The topological polar surface area (TPSA) is 9.23 Å². The van der Waals surface area contributed by atoms with Crippen LogP contribution in [0, 0.1) is 0 Å². The second-order valence-electron chi connectivity index (χ2n) is 2.94. The molecule has 1 aromatic rings. The van der Waals surface area contributed by atoms with Crippen molar-refractivity contribution in [1.29, 1.82) is 0 Å². The zero-order valence-electron chi connectivity index (χ0n) is 6.69. The maximum Gasteiger partial charge on any atom is 0.280 e. The largest absolute Gasteiger partial charge is 0.493 e. The van der Waals surface area contributed by atoms with Crippen LogP contribution in [0.5, 0.6) is 5.75 Å².